The highest BCUT2D eigenvalue weighted by Crippen LogP contribution is 2.24. The first-order valence-electron chi connectivity index (χ1n) is 7.38. The van der Waals surface area contributed by atoms with Gasteiger partial charge in [-0.1, -0.05) is 0 Å². The number of carbonyl (C=O) groups excluding carboxylic acids is 1. The monoisotopic (exact) mass is 312 g/mol. The van der Waals surface area contributed by atoms with Crippen molar-refractivity contribution in [2.24, 2.45) is 0 Å². The van der Waals surface area contributed by atoms with Crippen molar-refractivity contribution in [1.29, 1.82) is 5.26 Å². The van der Waals surface area contributed by atoms with Gasteiger partial charge in [-0.3, -0.25) is 4.79 Å². The van der Waals surface area contributed by atoms with Crippen molar-refractivity contribution in [3.63, 3.8) is 0 Å². The Kier molecular flexibility index (Phi) is 4.23. The third-order valence-corrected chi connectivity index (χ3v) is 5.21. The lowest BCUT2D eigenvalue weighted by Crippen LogP contribution is -3.14. The maximum absolute atomic E-state index is 12.2. The third kappa shape index (κ3) is 3.03. The second kappa shape index (κ2) is 6.30. The van der Waals surface area contributed by atoms with Crippen molar-refractivity contribution < 1.29 is 9.69 Å². The lowest BCUT2D eigenvalue weighted by atomic mass is 10.0. The summed E-state index contributed by atoms with van der Waals surface area (Å²) in [6.45, 7) is 3.65. The Balaban J connectivity index is 1.61. The molecule has 1 aliphatic rings. The zero-order chi connectivity index (χ0) is 15.5. The van der Waals surface area contributed by atoms with Crippen molar-refractivity contribution in [2.45, 2.75) is 19.4 Å². The molecule has 0 spiro atoms. The number of amides is 1. The van der Waals surface area contributed by atoms with Crippen LogP contribution in [-0.2, 0) is 11.2 Å². The zero-order valence-corrected chi connectivity index (χ0v) is 13.2. The van der Waals surface area contributed by atoms with Gasteiger partial charge in [0.25, 0.3) is 5.91 Å². The van der Waals surface area contributed by atoms with Crippen molar-refractivity contribution in [2.75, 3.05) is 18.4 Å². The maximum Gasteiger partial charge on any atom is 0.279 e. The van der Waals surface area contributed by atoms with Crippen LogP contribution in [0.2, 0.25) is 0 Å². The molecule has 5 heteroatoms. The molecule has 1 unspecified atom stereocenters. The predicted octanol–water partition coefficient (Wildman–Crippen LogP) is 1.76. The van der Waals surface area contributed by atoms with Crippen LogP contribution in [0, 0.1) is 11.3 Å². The van der Waals surface area contributed by atoms with Gasteiger partial charge in [0.2, 0.25) is 0 Å². The minimum Gasteiger partial charge on any atom is -0.321 e. The first kappa shape index (κ1) is 14.8. The molecule has 4 nitrogen and oxygen atoms in total. The van der Waals surface area contributed by atoms with Crippen molar-refractivity contribution in [1.82, 2.24) is 0 Å². The van der Waals surface area contributed by atoms with Gasteiger partial charge < -0.3 is 10.2 Å². The molecule has 2 atom stereocenters. The SMILES string of the molecule is C[C@@H]1c2ccsc2CC[NH+]1CC(=O)Nc1ccc(C#N)cc1. The minimum atomic E-state index is 0.0187. The fourth-order valence-electron chi connectivity index (χ4n) is 2.93. The number of hydrogen-bond acceptors (Lipinski definition) is 3. The molecule has 1 aliphatic heterocycles. The molecule has 0 radical (unpaired) electrons. The first-order valence-corrected chi connectivity index (χ1v) is 8.26. The summed E-state index contributed by atoms with van der Waals surface area (Å²) in [5.41, 5.74) is 2.72. The van der Waals surface area contributed by atoms with Gasteiger partial charge in [0, 0.05) is 22.5 Å². The molecule has 0 saturated heterocycles. The Bertz CT molecular complexity index is 714. The summed E-state index contributed by atoms with van der Waals surface area (Å²) in [7, 11) is 0. The van der Waals surface area contributed by atoms with E-state index in [2.05, 4.69) is 29.8 Å². The van der Waals surface area contributed by atoms with E-state index in [0.717, 1.165) is 18.7 Å². The van der Waals surface area contributed by atoms with E-state index in [1.54, 1.807) is 24.3 Å². The molecule has 0 saturated carbocycles. The van der Waals surface area contributed by atoms with Gasteiger partial charge in [-0.2, -0.15) is 5.26 Å². The van der Waals surface area contributed by atoms with Gasteiger partial charge in [-0.05, 0) is 42.6 Å². The van der Waals surface area contributed by atoms with E-state index in [1.165, 1.54) is 15.3 Å². The van der Waals surface area contributed by atoms with Gasteiger partial charge in [0.1, 0.15) is 6.04 Å². The molecule has 2 N–H and O–H groups in total. The Morgan fingerprint density at radius 2 is 2.18 bits per heavy atom. The van der Waals surface area contributed by atoms with Crippen LogP contribution >= 0.6 is 11.3 Å². The normalized spacial score (nSPS) is 20.0. The number of nitrogens with one attached hydrogen (secondary N) is 2. The van der Waals surface area contributed by atoms with Crippen LogP contribution in [-0.4, -0.2) is 19.0 Å². The smallest absolute Gasteiger partial charge is 0.279 e. The average Bonchev–Trinajstić information content (AvgIpc) is 3.00. The number of rotatable bonds is 3. The molecule has 0 aliphatic carbocycles. The molecule has 0 fully saturated rings. The number of fused-ring (bicyclic) bond motifs is 1. The van der Waals surface area contributed by atoms with Crippen molar-refractivity contribution in [3.8, 4) is 6.07 Å². The van der Waals surface area contributed by atoms with E-state index in [4.69, 9.17) is 5.26 Å². The Hall–Kier alpha value is -2.16. The number of anilines is 1. The first-order chi connectivity index (χ1) is 10.7. The van der Waals surface area contributed by atoms with Gasteiger partial charge in [-0.15, -0.1) is 11.3 Å². The molecule has 1 amide bonds. The number of hydrogen-bond donors (Lipinski definition) is 2. The summed E-state index contributed by atoms with van der Waals surface area (Å²) in [4.78, 5) is 15.0. The van der Waals surface area contributed by atoms with Crippen LogP contribution in [0.25, 0.3) is 0 Å². The third-order valence-electron chi connectivity index (χ3n) is 4.22. The fourth-order valence-corrected chi connectivity index (χ4v) is 3.91. The average molecular weight is 312 g/mol. The Morgan fingerprint density at radius 1 is 1.41 bits per heavy atom. The summed E-state index contributed by atoms with van der Waals surface area (Å²) in [6.07, 6.45) is 1.05. The molecule has 0 bridgehead atoms. The predicted molar refractivity (Wildman–Crippen MR) is 86.9 cm³/mol. The number of nitrogens with zero attached hydrogens (tertiary/aromatic N) is 1. The number of benzene rings is 1. The highest BCUT2D eigenvalue weighted by Gasteiger charge is 2.29. The second-order valence-corrected chi connectivity index (χ2v) is 6.59. The van der Waals surface area contributed by atoms with Crippen LogP contribution in [0.1, 0.15) is 29.0 Å². The largest absolute Gasteiger partial charge is 0.321 e. The van der Waals surface area contributed by atoms with Crippen LogP contribution in [0.5, 0.6) is 0 Å². The number of thiophene rings is 1. The van der Waals surface area contributed by atoms with Gasteiger partial charge in [0.15, 0.2) is 6.54 Å². The highest BCUT2D eigenvalue weighted by atomic mass is 32.1. The van der Waals surface area contributed by atoms with E-state index in [-0.39, 0.29) is 5.91 Å². The molecule has 1 aromatic carbocycles. The van der Waals surface area contributed by atoms with Gasteiger partial charge >= 0.3 is 0 Å². The standard InChI is InChI=1S/C17H17N3OS/c1-12-15-7-9-22-16(15)6-8-20(12)11-17(21)19-14-4-2-13(10-18)3-5-14/h2-5,7,9,12H,6,8,11H2,1H3,(H,19,21)/p+1/t12-/m1/s1. The molecular formula is C17H18N3OS+. The quantitative estimate of drug-likeness (QED) is 0.907. The van der Waals surface area contributed by atoms with E-state index < -0.39 is 0 Å². The maximum atomic E-state index is 12.2. The van der Waals surface area contributed by atoms with Crippen LogP contribution in [0.15, 0.2) is 35.7 Å². The summed E-state index contributed by atoms with van der Waals surface area (Å²) in [6, 6.07) is 11.6. The molecular weight excluding hydrogens is 294 g/mol. The number of nitriles is 1. The number of quaternary nitrogens is 1. The molecule has 112 valence electrons. The fraction of sp³-hybridized carbons (Fsp3) is 0.294. The molecule has 1 aromatic heterocycles. The van der Waals surface area contributed by atoms with E-state index in [9.17, 15) is 4.79 Å². The minimum absolute atomic E-state index is 0.0187. The summed E-state index contributed by atoms with van der Waals surface area (Å²) in [5.74, 6) is 0.0187. The molecule has 2 heterocycles. The Labute approximate surface area is 134 Å². The zero-order valence-electron chi connectivity index (χ0n) is 12.4. The van der Waals surface area contributed by atoms with Crippen molar-refractivity contribution in [3.05, 3.63) is 51.7 Å². The molecule has 3 rings (SSSR count). The van der Waals surface area contributed by atoms with Gasteiger partial charge in [0.05, 0.1) is 18.2 Å². The second-order valence-electron chi connectivity index (χ2n) is 5.59. The van der Waals surface area contributed by atoms with Crippen LogP contribution in [0.3, 0.4) is 0 Å². The van der Waals surface area contributed by atoms with Crippen LogP contribution in [0.4, 0.5) is 5.69 Å². The summed E-state index contributed by atoms with van der Waals surface area (Å²) >= 11 is 1.82. The lowest BCUT2D eigenvalue weighted by Gasteiger charge is -2.29. The van der Waals surface area contributed by atoms with Crippen molar-refractivity contribution >= 4 is 22.9 Å². The highest BCUT2D eigenvalue weighted by molar-refractivity contribution is 7.10. The summed E-state index contributed by atoms with van der Waals surface area (Å²) < 4.78 is 0. The Morgan fingerprint density at radius 3 is 2.91 bits per heavy atom. The van der Waals surface area contributed by atoms with Crippen LogP contribution < -0.4 is 10.2 Å². The van der Waals surface area contributed by atoms with E-state index in [0.29, 0.717) is 18.2 Å². The van der Waals surface area contributed by atoms with E-state index in [1.807, 2.05) is 11.3 Å². The molecule has 22 heavy (non-hydrogen) atoms. The van der Waals surface area contributed by atoms with Gasteiger partial charge in [-0.25, -0.2) is 0 Å². The lowest BCUT2D eigenvalue weighted by molar-refractivity contribution is -0.923. The number of carbonyl (C=O) groups is 1. The molecule has 2 aromatic rings. The topological polar surface area (TPSA) is 57.3 Å². The van der Waals surface area contributed by atoms with E-state index >= 15 is 0 Å². The summed E-state index contributed by atoms with van der Waals surface area (Å²) in [5, 5.41) is 13.8.